The van der Waals surface area contributed by atoms with Crippen molar-refractivity contribution < 1.29 is 4.79 Å². The number of Topliss-reactive ketones (excluding diaryl/α,β-unsaturated/α-hetero) is 1. The van der Waals surface area contributed by atoms with E-state index < -0.39 is 0 Å². The van der Waals surface area contributed by atoms with E-state index in [1.807, 2.05) is 0 Å². The molecule has 4 saturated carbocycles. The number of fused-ring (bicyclic) bond motifs is 5. The molecule has 0 aromatic carbocycles. The average molecular weight is 353 g/mol. The predicted octanol–water partition coefficient (Wildman–Crippen LogP) is 5.36. The monoisotopic (exact) mass is 352 g/mol. The van der Waals surface area contributed by atoms with Crippen molar-refractivity contribution in [1.29, 1.82) is 0 Å². The molecule has 21 heavy (non-hydrogen) atoms. The van der Waals surface area contributed by atoms with Gasteiger partial charge in [-0.15, -0.1) is 0 Å². The van der Waals surface area contributed by atoms with Gasteiger partial charge in [0.25, 0.3) is 0 Å². The van der Waals surface area contributed by atoms with Crippen molar-refractivity contribution in [2.24, 2.45) is 34.5 Å². The van der Waals surface area contributed by atoms with Crippen LogP contribution in [0.3, 0.4) is 0 Å². The molecule has 0 aliphatic heterocycles. The number of ketones is 1. The highest BCUT2D eigenvalue weighted by Gasteiger charge is 2.61. The van der Waals surface area contributed by atoms with Gasteiger partial charge in [-0.3, -0.25) is 4.79 Å². The first kappa shape index (κ1) is 14.7. The molecule has 0 amide bonds. The lowest BCUT2D eigenvalue weighted by Gasteiger charge is -2.59. The summed E-state index contributed by atoms with van der Waals surface area (Å²) in [5, 5.41) is 0. The van der Waals surface area contributed by atoms with Gasteiger partial charge in [0.15, 0.2) is 5.78 Å². The summed E-state index contributed by atoms with van der Waals surface area (Å²) in [6.45, 7) is 4.89. The molecule has 4 rings (SSSR count). The van der Waals surface area contributed by atoms with Gasteiger partial charge in [-0.05, 0) is 74.0 Å². The van der Waals surface area contributed by atoms with Crippen LogP contribution in [0.25, 0.3) is 0 Å². The number of hydrogen-bond acceptors (Lipinski definition) is 1. The molecule has 118 valence electrons. The van der Waals surface area contributed by atoms with E-state index in [4.69, 9.17) is 0 Å². The summed E-state index contributed by atoms with van der Waals surface area (Å²) in [5.74, 6) is 3.89. The van der Waals surface area contributed by atoms with E-state index in [2.05, 4.69) is 29.8 Å². The third kappa shape index (κ3) is 1.90. The van der Waals surface area contributed by atoms with Gasteiger partial charge in [-0.25, -0.2) is 0 Å². The fraction of sp³-hybridized carbons (Fsp3) is 0.947. The minimum Gasteiger partial charge on any atom is -0.298 e. The van der Waals surface area contributed by atoms with Crippen molar-refractivity contribution in [2.45, 2.75) is 76.5 Å². The van der Waals surface area contributed by atoms with Crippen molar-refractivity contribution in [3.05, 3.63) is 0 Å². The second kappa shape index (κ2) is 4.82. The van der Waals surface area contributed by atoms with Crippen molar-refractivity contribution in [2.75, 3.05) is 0 Å². The molecule has 4 fully saturated rings. The zero-order chi connectivity index (χ0) is 14.8. The van der Waals surface area contributed by atoms with E-state index in [1.54, 1.807) is 0 Å². The highest BCUT2D eigenvalue weighted by atomic mass is 79.9. The van der Waals surface area contributed by atoms with Gasteiger partial charge in [0.05, 0.1) is 4.83 Å². The SMILES string of the molecule is CC12CCC3C(CCC4CCCCC43C)C1CC(Br)C2=O. The molecule has 4 aliphatic rings. The fourth-order valence-electron chi connectivity index (χ4n) is 7.04. The number of rotatable bonds is 0. The molecular formula is C19H29BrO. The Hall–Kier alpha value is 0.150. The maximum absolute atomic E-state index is 12.7. The molecule has 0 spiro atoms. The summed E-state index contributed by atoms with van der Waals surface area (Å²) in [5.41, 5.74) is 0.586. The first-order valence-electron chi connectivity index (χ1n) is 9.15. The van der Waals surface area contributed by atoms with Crippen LogP contribution in [0.1, 0.15) is 71.6 Å². The highest BCUT2D eigenvalue weighted by molar-refractivity contribution is 9.10. The van der Waals surface area contributed by atoms with Crippen LogP contribution < -0.4 is 0 Å². The quantitative estimate of drug-likeness (QED) is 0.536. The van der Waals surface area contributed by atoms with Crippen LogP contribution in [0.5, 0.6) is 0 Å². The average Bonchev–Trinajstić information content (AvgIpc) is 2.70. The lowest BCUT2D eigenvalue weighted by molar-refractivity contribution is -0.138. The van der Waals surface area contributed by atoms with Gasteiger partial charge in [-0.2, -0.15) is 0 Å². The summed E-state index contributed by atoms with van der Waals surface area (Å²) < 4.78 is 0. The Morgan fingerprint density at radius 2 is 1.81 bits per heavy atom. The molecule has 0 bridgehead atoms. The first-order chi connectivity index (χ1) is 9.97. The Labute approximate surface area is 137 Å². The lowest BCUT2D eigenvalue weighted by atomic mass is 9.45. The molecule has 7 atom stereocenters. The normalized spacial score (nSPS) is 56.5. The summed E-state index contributed by atoms with van der Waals surface area (Å²) in [6, 6.07) is 0. The van der Waals surface area contributed by atoms with Crippen molar-refractivity contribution >= 4 is 21.7 Å². The summed E-state index contributed by atoms with van der Waals surface area (Å²) in [7, 11) is 0. The fourth-order valence-corrected chi connectivity index (χ4v) is 7.97. The van der Waals surface area contributed by atoms with Crippen molar-refractivity contribution in [3.63, 3.8) is 0 Å². The van der Waals surface area contributed by atoms with Crippen LogP contribution in [0.4, 0.5) is 0 Å². The summed E-state index contributed by atoms with van der Waals surface area (Å²) >= 11 is 3.68. The summed E-state index contributed by atoms with van der Waals surface area (Å²) in [6.07, 6.45) is 12.2. The third-order valence-electron chi connectivity index (χ3n) is 8.28. The van der Waals surface area contributed by atoms with Crippen LogP contribution >= 0.6 is 15.9 Å². The standard InChI is InChI=1S/C19H29BrO/c1-18-9-4-3-5-12(18)6-7-13-14(18)8-10-19(2)15(13)11-16(20)17(19)21/h12-16H,3-11H2,1-2H3. The number of alkyl halides is 1. The van der Waals surface area contributed by atoms with E-state index in [1.165, 1.54) is 44.9 Å². The van der Waals surface area contributed by atoms with Crippen LogP contribution in [-0.2, 0) is 4.79 Å². The molecule has 0 aromatic rings. The lowest BCUT2D eigenvalue weighted by Crippen LogP contribution is -2.52. The topological polar surface area (TPSA) is 17.1 Å². The minimum absolute atomic E-state index is 0.00675. The molecule has 0 saturated heterocycles. The molecular weight excluding hydrogens is 324 g/mol. The summed E-state index contributed by atoms with van der Waals surface area (Å²) in [4.78, 5) is 12.8. The molecule has 4 aliphatic carbocycles. The Morgan fingerprint density at radius 3 is 2.62 bits per heavy atom. The molecule has 2 heteroatoms. The van der Waals surface area contributed by atoms with Crippen molar-refractivity contribution in [1.82, 2.24) is 0 Å². The van der Waals surface area contributed by atoms with E-state index in [0.717, 1.165) is 30.6 Å². The Balaban J connectivity index is 1.67. The third-order valence-corrected chi connectivity index (χ3v) is 9.07. The Morgan fingerprint density at radius 1 is 1.00 bits per heavy atom. The largest absolute Gasteiger partial charge is 0.298 e. The van der Waals surface area contributed by atoms with E-state index in [0.29, 0.717) is 17.1 Å². The number of hydrogen-bond donors (Lipinski definition) is 0. The van der Waals surface area contributed by atoms with E-state index in [9.17, 15) is 4.79 Å². The Kier molecular flexibility index (Phi) is 3.38. The zero-order valence-electron chi connectivity index (χ0n) is 13.5. The molecule has 0 heterocycles. The Bertz CT molecular complexity index is 460. The van der Waals surface area contributed by atoms with Gasteiger partial charge < -0.3 is 0 Å². The molecule has 0 radical (unpaired) electrons. The van der Waals surface area contributed by atoms with Gasteiger partial charge in [-0.1, -0.05) is 42.6 Å². The van der Waals surface area contributed by atoms with E-state index >= 15 is 0 Å². The number of carbonyl (C=O) groups is 1. The van der Waals surface area contributed by atoms with Crippen LogP contribution in [-0.4, -0.2) is 10.6 Å². The maximum atomic E-state index is 12.7. The smallest absolute Gasteiger partial charge is 0.152 e. The highest BCUT2D eigenvalue weighted by Crippen LogP contribution is 2.65. The van der Waals surface area contributed by atoms with Gasteiger partial charge in [0, 0.05) is 5.41 Å². The molecule has 0 N–H and O–H groups in total. The van der Waals surface area contributed by atoms with Crippen molar-refractivity contribution in [3.8, 4) is 0 Å². The first-order valence-corrected chi connectivity index (χ1v) is 10.1. The predicted molar refractivity (Wildman–Crippen MR) is 89.4 cm³/mol. The van der Waals surface area contributed by atoms with Crippen LogP contribution in [0.15, 0.2) is 0 Å². The second-order valence-corrected chi connectivity index (χ2v) is 10.0. The van der Waals surface area contributed by atoms with Crippen LogP contribution in [0, 0.1) is 34.5 Å². The van der Waals surface area contributed by atoms with E-state index in [-0.39, 0.29) is 10.2 Å². The number of carbonyl (C=O) groups excluding carboxylic acids is 1. The molecule has 0 aromatic heterocycles. The number of halogens is 1. The van der Waals surface area contributed by atoms with Gasteiger partial charge in [0.2, 0.25) is 0 Å². The minimum atomic E-state index is -0.00675. The molecule has 7 unspecified atom stereocenters. The molecule has 1 nitrogen and oxygen atoms in total. The van der Waals surface area contributed by atoms with Gasteiger partial charge >= 0.3 is 0 Å². The second-order valence-electron chi connectivity index (χ2n) is 8.93. The zero-order valence-corrected chi connectivity index (χ0v) is 15.1. The van der Waals surface area contributed by atoms with Crippen LogP contribution in [0.2, 0.25) is 0 Å². The van der Waals surface area contributed by atoms with Gasteiger partial charge in [0.1, 0.15) is 0 Å². The maximum Gasteiger partial charge on any atom is 0.152 e.